The molecule has 1 aliphatic rings. The number of benzene rings is 1. The van der Waals surface area contributed by atoms with Gasteiger partial charge in [0.25, 0.3) is 0 Å². The van der Waals surface area contributed by atoms with Gasteiger partial charge in [-0.15, -0.1) is 0 Å². The molecule has 0 aromatic heterocycles. The Morgan fingerprint density at radius 1 is 1.57 bits per heavy atom. The van der Waals surface area contributed by atoms with Gasteiger partial charge in [0.05, 0.1) is 17.5 Å². The predicted octanol–water partition coefficient (Wildman–Crippen LogP) is 1.75. The van der Waals surface area contributed by atoms with E-state index in [1.807, 2.05) is 12.1 Å². The van der Waals surface area contributed by atoms with Crippen molar-refractivity contribution >= 4 is 17.4 Å². The number of ether oxygens (including phenoxy) is 1. The van der Waals surface area contributed by atoms with Crippen LogP contribution in [0.15, 0.2) is 12.1 Å². The van der Waals surface area contributed by atoms with Crippen LogP contribution in [0.3, 0.4) is 0 Å². The third kappa shape index (κ3) is 1.68. The van der Waals surface area contributed by atoms with Crippen LogP contribution in [0.25, 0.3) is 0 Å². The molecular weight excluding hydrogens is 200 g/mol. The van der Waals surface area contributed by atoms with Crippen LogP contribution >= 0.6 is 11.6 Å². The number of amidine groups is 1. The average molecular weight is 211 g/mol. The standard InChI is InChI=1S/C10H11ClN2O/c11-8-4-6(5-9(12)13)3-7-1-2-14-10(7)8/h3-4H,1-2,5H2,(H3,12,13). The van der Waals surface area contributed by atoms with Crippen LogP contribution in [-0.4, -0.2) is 12.4 Å². The average Bonchev–Trinajstić information content (AvgIpc) is 2.50. The highest BCUT2D eigenvalue weighted by Crippen LogP contribution is 2.34. The summed E-state index contributed by atoms with van der Waals surface area (Å²) in [6.45, 7) is 0.693. The number of rotatable bonds is 2. The first kappa shape index (κ1) is 9.34. The fourth-order valence-corrected chi connectivity index (χ4v) is 1.96. The normalized spacial score (nSPS) is 13.5. The molecule has 3 N–H and O–H groups in total. The van der Waals surface area contributed by atoms with E-state index in [-0.39, 0.29) is 5.84 Å². The Hall–Kier alpha value is -1.22. The summed E-state index contributed by atoms with van der Waals surface area (Å²) in [4.78, 5) is 0. The van der Waals surface area contributed by atoms with Crippen molar-refractivity contribution in [2.24, 2.45) is 5.73 Å². The van der Waals surface area contributed by atoms with Crippen LogP contribution in [-0.2, 0) is 12.8 Å². The summed E-state index contributed by atoms with van der Waals surface area (Å²) in [7, 11) is 0. The maximum absolute atomic E-state index is 7.20. The van der Waals surface area contributed by atoms with Gasteiger partial charge in [0.15, 0.2) is 0 Å². The molecule has 0 spiro atoms. The van der Waals surface area contributed by atoms with Crippen LogP contribution in [0.4, 0.5) is 0 Å². The molecule has 2 rings (SSSR count). The molecule has 0 fully saturated rings. The van der Waals surface area contributed by atoms with E-state index in [0.717, 1.165) is 23.3 Å². The lowest BCUT2D eigenvalue weighted by molar-refractivity contribution is 0.357. The summed E-state index contributed by atoms with van der Waals surface area (Å²) in [6.07, 6.45) is 1.34. The van der Waals surface area contributed by atoms with Crippen molar-refractivity contribution in [3.8, 4) is 5.75 Å². The minimum absolute atomic E-state index is 0.153. The number of fused-ring (bicyclic) bond motifs is 1. The Balaban J connectivity index is 2.36. The first-order valence-electron chi connectivity index (χ1n) is 4.44. The molecule has 0 atom stereocenters. The minimum Gasteiger partial charge on any atom is -0.491 e. The smallest absolute Gasteiger partial charge is 0.141 e. The van der Waals surface area contributed by atoms with E-state index in [1.165, 1.54) is 0 Å². The van der Waals surface area contributed by atoms with Gasteiger partial charge in [0.1, 0.15) is 5.75 Å². The highest BCUT2D eigenvalue weighted by atomic mass is 35.5. The second-order valence-electron chi connectivity index (χ2n) is 3.37. The van der Waals surface area contributed by atoms with E-state index in [1.54, 1.807) is 0 Å². The second-order valence-corrected chi connectivity index (χ2v) is 3.77. The van der Waals surface area contributed by atoms with Gasteiger partial charge in [-0.2, -0.15) is 0 Å². The zero-order valence-electron chi connectivity index (χ0n) is 7.64. The van der Waals surface area contributed by atoms with Crippen molar-refractivity contribution in [2.75, 3.05) is 6.61 Å². The Morgan fingerprint density at radius 3 is 3.07 bits per heavy atom. The van der Waals surface area contributed by atoms with E-state index < -0.39 is 0 Å². The first-order valence-corrected chi connectivity index (χ1v) is 4.81. The lowest BCUT2D eigenvalue weighted by Gasteiger charge is -2.05. The topological polar surface area (TPSA) is 59.1 Å². The molecule has 1 aliphatic heterocycles. The van der Waals surface area contributed by atoms with Crippen LogP contribution in [0, 0.1) is 5.41 Å². The molecule has 0 aliphatic carbocycles. The summed E-state index contributed by atoms with van der Waals surface area (Å²) in [6, 6.07) is 3.82. The Kier molecular flexibility index (Phi) is 2.33. The molecule has 74 valence electrons. The molecule has 0 radical (unpaired) electrons. The van der Waals surface area contributed by atoms with Gasteiger partial charge in [-0.25, -0.2) is 0 Å². The third-order valence-electron chi connectivity index (χ3n) is 2.19. The maximum atomic E-state index is 7.20. The Labute approximate surface area is 87.3 Å². The highest BCUT2D eigenvalue weighted by Gasteiger charge is 2.16. The molecule has 1 aromatic carbocycles. The van der Waals surface area contributed by atoms with Gasteiger partial charge in [0.2, 0.25) is 0 Å². The van der Waals surface area contributed by atoms with Crippen molar-refractivity contribution < 1.29 is 4.74 Å². The van der Waals surface area contributed by atoms with Gasteiger partial charge in [-0.05, 0) is 17.2 Å². The highest BCUT2D eigenvalue weighted by molar-refractivity contribution is 6.32. The van der Waals surface area contributed by atoms with Crippen molar-refractivity contribution in [3.63, 3.8) is 0 Å². The van der Waals surface area contributed by atoms with Crippen molar-refractivity contribution in [1.29, 1.82) is 5.41 Å². The fraction of sp³-hybridized carbons (Fsp3) is 0.300. The molecule has 0 amide bonds. The molecule has 4 heteroatoms. The van der Waals surface area contributed by atoms with Gasteiger partial charge in [-0.3, -0.25) is 5.41 Å². The van der Waals surface area contributed by atoms with Gasteiger partial charge in [-0.1, -0.05) is 17.7 Å². The lowest BCUT2D eigenvalue weighted by atomic mass is 10.1. The maximum Gasteiger partial charge on any atom is 0.141 e. The Morgan fingerprint density at radius 2 is 2.36 bits per heavy atom. The molecule has 1 aromatic rings. The molecular formula is C10H11ClN2O. The summed E-state index contributed by atoms with van der Waals surface area (Å²) >= 11 is 6.02. The number of hydrogen-bond acceptors (Lipinski definition) is 2. The molecule has 0 saturated heterocycles. The van der Waals surface area contributed by atoms with Crippen molar-refractivity contribution in [3.05, 3.63) is 28.3 Å². The van der Waals surface area contributed by atoms with E-state index in [2.05, 4.69) is 0 Å². The van der Waals surface area contributed by atoms with Crippen molar-refractivity contribution in [1.82, 2.24) is 0 Å². The Bertz CT molecular complexity index is 390. The number of nitrogens with two attached hydrogens (primary N) is 1. The largest absolute Gasteiger partial charge is 0.491 e. The third-order valence-corrected chi connectivity index (χ3v) is 2.47. The molecule has 1 heterocycles. The van der Waals surface area contributed by atoms with Crippen LogP contribution in [0.1, 0.15) is 11.1 Å². The summed E-state index contributed by atoms with van der Waals surface area (Å²) in [5, 5.41) is 7.82. The van der Waals surface area contributed by atoms with E-state index in [0.29, 0.717) is 18.1 Å². The van der Waals surface area contributed by atoms with E-state index >= 15 is 0 Å². The quantitative estimate of drug-likeness (QED) is 0.577. The fourth-order valence-electron chi connectivity index (χ4n) is 1.65. The van der Waals surface area contributed by atoms with Crippen LogP contribution < -0.4 is 10.5 Å². The van der Waals surface area contributed by atoms with Gasteiger partial charge >= 0.3 is 0 Å². The first-order chi connectivity index (χ1) is 6.66. The molecule has 0 bridgehead atoms. The predicted molar refractivity (Wildman–Crippen MR) is 56.3 cm³/mol. The summed E-state index contributed by atoms with van der Waals surface area (Å²) in [5.74, 6) is 0.943. The van der Waals surface area contributed by atoms with Gasteiger partial charge < -0.3 is 10.5 Å². The minimum atomic E-state index is 0.153. The monoisotopic (exact) mass is 210 g/mol. The number of nitrogens with one attached hydrogen (secondary N) is 1. The SMILES string of the molecule is N=C(N)Cc1cc(Cl)c2c(c1)CCO2. The second kappa shape index (κ2) is 3.50. The van der Waals surface area contributed by atoms with Crippen LogP contribution in [0.5, 0.6) is 5.75 Å². The number of halogens is 1. The number of hydrogen-bond donors (Lipinski definition) is 2. The molecule has 0 unspecified atom stereocenters. The summed E-state index contributed by atoms with van der Waals surface area (Å²) < 4.78 is 5.37. The van der Waals surface area contributed by atoms with Crippen LogP contribution in [0.2, 0.25) is 5.02 Å². The van der Waals surface area contributed by atoms with Gasteiger partial charge in [0, 0.05) is 12.8 Å². The summed E-state index contributed by atoms with van der Waals surface area (Å²) in [5.41, 5.74) is 7.43. The zero-order valence-corrected chi connectivity index (χ0v) is 8.40. The lowest BCUT2D eigenvalue weighted by Crippen LogP contribution is -2.12. The molecule has 0 saturated carbocycles. The molecule has 14 heavy (non-hydrogen) atoms. The zero-order chi connectivity index (χ0) is 10.1. The van der Waals surface area contributed by atoms with Crippen molar-refractivity contribution in [2.45, 2.75) is 12.8 Å². The van der Waals surface area contributed by atoms with E-state index in [9.17, 15) is 0 Å². The molecule has 3 nitrogen and oxygen atoms in total. The van der Waals surface area contributed by atoms with E-state index in [4.69, 9.17) is 27.5 Å².